The minimum absolute atomic E-state index is 0. The minimum atomic E-state index is -0.305. The molecule has 2 aliphatic rings. The van der Waals surface area contributed by atoms with Gasteiger partial charge in [-0.3, -0.25) is 4.79 Å². The van der Waals surface area contributed by atoms with Crippen LogP contribution < -0.4 is 5.73 Å². The Balaban J connectivity index is 0.00000128. The molecule has 1 atom stereocenters. The average Bonchev–Trinajstić information content (AvgIpc) is 2.59. The van der Waals surface area contributed by atoms with Gasteiger partial charge in [-0.2, -0.15) is 0 Å². The van der Waals surface area contributed by atoms with Crippen LogP contribution in [0.2, 0.25) is 0 Å². The lowest BCUT2D eigenvalue weighted by atomic mass is 9.68. The summed E-state index contributed by atoms with van der Waals surface area (Å²) in [5, 5.41) is 0. The lowest BCUT2D eigenvalue weighted by Crippen LogP contribution is -2.46. The molecule has 1 spiro atoms. The van der Waals surface area contributed by atoms with Gasteiger partial charge in [0, 0.05) is 13.1 Å². The van der Waals surface area contributed by atoms with Gasteiger partial charge >= 0.3 is 0 Å². The maximum atomic E-state index is 12.0. The number of nitrogens with zero attached hydrogens (tertiary/aromatic N) is 1. The molecule has 1 saturated heterocycles. The standard InChI is InChI=1S/C12H22N2O.ClH/c1-9(2)10(13)11(15)14-7-6-12(8-14)4-3-5-12;/h9-10H,3-8,13H2,1-2H3;1H/t10-;/m1./s1. The first-order valence-corrected chi connectivity index (χ1v) is 6.08. The molecule has 0 aromatic rings. The van der Waals surface area contributed by atoms with Crippen molar-refractivity contribution in [2.24, 2.45) is 17.1 Å². The van der Waals surface area contributed by atoms with Crippen LogP contribution in [0.4, 0.5) is 0 Å². The van der Waals surface area contributed by atoms with Gasteiger partial charge in [0.2, 0.25) is 5.91 Å². The number of amides is 1. The fraction of sp³-hybridized carbons (Fsp3) is 0.917. The van der Waals surface area contributed by atoms with Gasteiger partial charge in [0.25, 0.3) is 0 Å². The van der Waals surface area contributed by atoms with Crippen molar-refractivity contribution in [3.63, 3.8) is 0 Å². The Hall–Kier alpha value is -0.280. The van der Waals surface area contributed by atoms with Crippen LogP contribution in [0.3, 0.4) is 0 Å². The number of rotatable bonds is 2. The molecule has 1 heterocycles. The van der Waals surface area contributed by atoms with E-state index in [-0.39, 0.29) is 30.3 Å². The van der Waals surface area contributed by atoms with E-state index in [1.807, 2.05) is 18.7 Å². The van der Waals surface area contributed by atoms with Crippen molar-refractivity contribution in [3.8, 4) is 0 Å². The first kappa shape index (κ1) is 13.8. The smallest absolute Gasteiger partial charge is 0.239 e. The normalized spacial score (nSPS) is 24.1. The predicted octanol–water partition coefficient (Wildman–Crippen LogP) is 1.79. The summed E-state index contributed by atoms with van der Waals surface area (Å²) in [4.78, 5) is 14.0. The quantitative estimate of drug-likeness (QED) is 0.808. The molecule has 4 heteroatoms. The number of hydrogen-bond acceptors (Lipinski definition) is 2. The molecule has 2 fully saturated rings. The van der Waals surface area contributed by atoms with E-state index in [2.05, 4.69) is 0 Å². The van der Waals surface area contributed by atoms with Crippen molar-refractivity contribution >= 4 is 18.3 Å². The number of nitrogens with two attached hydrogens (primary N) is 1. The Bertz CT molecular complexity index is 264. The lowest BCUT2D eigenvalue weighted by Gasteiger charge is -2.38. The summed E-state index contributed by atoms with van der Waals surface area (Å²) in [5.74, 6) is 0.407. The highest BCUT2D eigenvalue weighted by atomic mass is 35.5. The zero-order chi connectivity index (χ0) is 11.1. The lowest BCUT2D eigenvalue weighted by molar-refractivity contribution is -0.133. The van der Waals surface area contributed by atoms with E-state index in [9.17, 15) is 4.79 Å². The first-order valence-electron chi connectivity index (χ1n) is 6.08. The maximum absolute atomic E-state index is 12.0. The Kier molecular flexibility index (Phi) is 4.24. The Morgan fingerprint density at radius 2 is 1.94 bits per heavy atom. The van der Waals surface area contributed by atoms with Crippen LogP contribution in [0, 0.1) is 11.3 Å². The van der Waals surface area contributed by atoms with Crippen LogP contribution >= 0.6 is 12.4 Å². The van der Waals surface area contributed by atoms with Crippen molar-refractivity contribution < 1.29 is 4.79 Å². The first-order chi connectivity index (χ1) is 7.04. The summed E-state index contributed by atoms with van der Waals surface area (Å²) in [7, 11) is 0. The fourth-order valence-corrected chi connectivity index (χ4v) is 2.70. The van der Waals surface area contributed by atoms with Gasteiger partial charge < -0.3 is 10.6 Å². The average molecular weight is 247 g/mol. The van der Waals surface area contributed by atoms with Crippen LogP contribution in [0.25, 0.3) is 0 Å². The van der Waals surface area contributed by atoms with Crippen LogP contribution in [0.5, 0.6) is 0 Å². The molecular weight excluding hydrogens is 224 g/mol. The van der Waals surface area contributed by atoms with Gasteiger partial charge in [-0.15, -0.1) is 12.4 Å². The number of carbonyl (C=O) groups excluding carboxylic acids is 1. The highest BCUT2D eigenvalue weighted by molar-refractivity contribution is 5.85. The second-order valence-corrected chi connectivity index (χ2v) is 5.63. The molecule has 0 bridgehead atoms. The maximum Gasteiger partial charge on any atom is 0.239 e. The molecular formula is C12H23ClN2O. The Morgan fingerprint density at radius 3 is 2.31 bits per heavy atom. The van der Waals surface area contributed by atoms with Crippen molar-refractivity contribution in [1.82, 2.24) is 4.90 Å². The SMILES string of the molecule is CC(C)[C@@H](N)C(=O)N1CCC2(CCC2)C1.Cl. The van der Waals surface area contributed by atoms with Crippen molar-refractivity contribution in [2.45, 2.75) is 45.6 Å². The Morgan fingerprint density at radius 1 is 1.31 bits per heavy atom. The van der Waals surface area contributed by atoms with E-state index in [1.165, 1.54) is 25.7 Å². The highest BCUT2D eigenvalue weighted by Gasteiger charge is 2.44. The molecule has 0 aromatic carbocycles. The van der Waals surface area contributed by atoms with Gasteiger partial charge in [-0.05, 0) is 30.6 Å². The summed E-state index contributed by atoms with van der Waals surface area (Å²) >= 11 is 0. The highest BCUT2D eigenvalue weighted by Crippen LogP contribution is 2.48. The number of halogens is 1. The minimum Gasteiger partial charge on any atom is -0.341 e. The van der Waals surface area contributed by atoms with E-state index in [0.717, 1.165) is 13.1 Å². The molecule has 94 valence electrons. The van der Waals surface area contributed by atoms with Crippen LogP contribution in [0.1, 0.15) is 39.5 Å². The summed E-state index contributed by atoms with van der Waals surface area (Å²) in [6, 6.07) is -0.305. The second-order valence-electron chi connectivity index (χ2n) is 5.63. The third-order valence-electron chi connectivity index (χ3n) is 4.17. The third kappa shape index (κ3) is 2.35. The molecule has 0 unspecified atom stereocenters. The van der Waals surface area contributed by atoms with E-state index in [1.54, 1.807) is 0 Å². The van der Waals surface area contributed by atoms with E-state index >= 15 is 0 Å². The fourth-order valence-electron chi connectivity index (χ4n) is 2.70. The zero-order valence-corrected chi connectivity index (χ0v) is 11.1. The van der Waals surface area contributed by atoms with Gasteiger partial charge in [0.05, 0.1) is 6.04 Å². The van der Waals surface area contributed by atoms with E-state index < -0.39 is 0 Å². The third-order valence-corrected chi connectivity index (χ3v) is 4.17. The molecule has 1 amide bonds. The molecule has 1 aliphatic heterocycles. The number of carbonyl (C=O) groups is 1. The van der Waals surface area contributed by atoms with Crippen molar-refractivity contribution in [2.75, 3.05) is 13.1 Å². The molecule has 0 aromatic heterocycles. The van der Waals surface area contributed by atoms with E-state index in [0.29, 0.717) is 5.41 Å². The predicted molar refractivity (Wildman–Crippen MR) is 67.5 cm³/mol. The van der Waals surface area contributed by atoms with Gasteiger partial charge in [-0.25, -0.2) is 0 Å². The molecule has 3 nitrogen and oxygen atoms in total. The molecule has 2 N–H and O–H groups in total. The van der Waals surface area contributed by atoms with Crippen LogP contribution in [0.15, 0.2) is 0 Å². The summed E-state index contributed by atoms with van der Waals surface area (Å²) < 4.78 is 0. The molecule has 2 rings (SSSR count). The van der Waals surface area contributed by atoms with Gasteiger partial charge in [0.1, 0.15) is 0 Å². The topological polar surface area (TPSA) is 46.3 Å². The number of likely N-dealkylation sites (tertiary alicyclic amines) is 1. The molecule has 0 radical (unpaired) electrons. The summed E-state index contributed by atoms with van der Waals surface area (Å²) in [6.45, 7) is 5.92. The summed E-state index contributed by atoms with van der Waals surface area (Å²) in [6.07, 6.45) is 5.17. The van der Waals surface area contributed by atoms with Gasteiger partial charge in [0.15, 0.2) is 0 Å². The second kappa shape index (κ2) is 4.92. The Labute approximate surface area is 104 Å². The van der Waals surface area contributed by atoms with E-state index in [4.69, 9.17) is 5.73 Å². The largest absolute Gasteiger partial charge is 0.341 e. The zero-order valence-electron chi connectivity index (χ0n) is 10.2. The van der Waals surface area contributed by atoms with Crippen LogP contribution in [-0.4, -0.2) is 29.9 Å². The van der Waals surface area contributed by atoms with Crippen LogP contribution in [-0.2, 0) is 4.79 Å². The monoisotopic (exact) mass is 246 g/mol. The molecule has 1 saturated carbocycles. The van der Waals surface area contributed by atoms with Crippen molar-refractivity contribution in [1.29, 1.82) is 0 Å². The van der Waals surface area contributed by atoms with Crippen molar-refractivity contribution in [3.05, 3.63) is 0 Å². The summed E-state index contributed by atoms with van der Waals surface area (Å²) in [5.41, 5.74) is 6.39. The molecule has 1 aliphatic carbocycles. The van der Waals surface area contributed by atoms with Gasteiger partial charge in [-0.1, -0.05) is 20.3 Å². The number of hydrogen-bond donors (Lipinski definition) is 1. The molecule has 16 heavy (non-hydrogen) atoms.